The molecule has 2 aliphatic rings. The molecule has 3 rings (SSSR count). The molecule has 1 aromatic rings. The fourth-order valence-corrected chi connectivity index (χ4v) is 2.83. The first-order valence-electron chi connectivity index (χ1n) is 7.54. The minimum absolute atomic E-state index is 0.0189. The molecular weight excluding hydrogens is 266 g/mol. The van der Waals surface area contributed by atoms with Gasteiger partial charge in [-0.15, -0.1) is 0 Å². The van der Waals surface area contributed by atoms with Crippen LogP contribution in [0.3, 0.4) is 0 Å². The van der Waals surface area contributed by atoms with E-state index in [-0.39, 0.29) is 17.9 Å². The number of aryl methyl sites for hydroxylation is 1. The summed E-state index contributed by atoms with van der Waals surface area (Å²) in [5, 5.41) is 2.99. The normalized spacial score (nSPS) is 21.4. The minimum atomic E-state index is -0.349. The number of nitrogen functional groups attached to an aromatic ring is 1. The molecule has 0 bridgehead atoms. The van der Waals surface area contributed by atoms with E-state index in [1.54, 1.807) is 11.0 Å². The lowest BCUT2D eigenvalue weighted by molar-refractivity contribution is -0.125. The molecule has 0 spiro atoms. The minimum Gasteiger partial charge on any atom is -0.398 e. The number of likely N-dealkylation sites (tertiary alicyclic amines) is 1. The average molecular weight is 287 g/mol. The summed E-state index contributed by atoms with van der Waals surface area (Å²) in [4.78, 5) is 26.6. The third-order valence-corrected chi connectivity index (χ3v) is 4.29. The van der Waals surface area contributed by atoms with E-state index in [9.17, 15) is 9.59 Å². The number of amides is 2. The van der Waals surface area contributed by atoms with Crippen LogP contribution >= 0.6 is 0 Å². The van der Waals surface area contributed by atoms with E-state index in [0.29, 0.717) is 23.8 Å². The molecule has 112 valence electrons. The van der Waals surface area contributed by atoms with E-state index in [4.69, 9.17) is 5.73 Å². The Bertz CT molecular complexity index is 581. The number of hydrogen-bond donors (Lipinski definition) is 2. The lowest BCUT2D eigenvalue weighted by atomic mass is 10.1. The second-order valence-corrected chi connectivity index (χ2v) is 5.98. The van der Waals surface area contributed by atoms with Crippen molar-refractivity contribution < 1.29 is 9.59 Å². The number of anilines is 1. The molecule has 0 aromatic heterocycles. The lowest BCUT2D eigenvalue weighted by Crippen LogP contribution is -2.46. The maximum absolute atomic E-state index is 12.7. The number of rotatable bonds is 3. The van der Waals surface area contributed by atoms with Crippen LogP contribution in [0.4, 0.5) is 5.69 Å². The van der Waals surface area contributed by atoms with E-state index < -0.39 is 0 Å². The number of hydrogen-bond acceptors (Lipinski definition) is 3. The Hall–Kier alpha value is -2.04. The summed E-state index contributed by atoms with van der Waals surface area (Å²) in [6.45, 7) is 2.50. The Morgan fingerprint density at radius 1 is 1.29 bits per heavy atom. The molecule has 2 fully saturated rings. The van der Waals surface area contributed by atoms with Gasteiger partial charge >= 0.3 is 0 Å². The summed E-state index contributed by atoms with van der Waals surface area (Å²) in [7, 11) is 0. The molecule has 21 heavy (non-hydrogen) atoms. The predicted molar refractivity (Wildman–Crippen MR) is 80.8 cm³/mol. The summed E-state index contributed by atoms with van der Waals surface area (Å²) < 4.78 is 0. The molecule has 1 aromatic carbocycles. The van der Waals surface area contributed by atoms with Gasteiger partial charge in [-0.05, 0) is 44.2 Å². The SMILES string of the molecule is Cc1cccc(C(=O)N2CCCC2C(=O)NC2CC2)c1N. The first-order chi connectivity index (χ1) is 10.1. The van der Waals surface area contributed by atoms with Crippen molar-refractivity contribution in [3.05, 3.63) is 29.3 Å². The fourth-order valence-electron chi connectivity index (χ4n) is 2.83. The molecule has 5 heteroatoms. The van der Waals surface area contributed by atoms with Crippen LogP contribution in [0.2, 0.25) is 0 Å². The van der Waals surface area contributed by atoms with Crippen LogP contribution in [0.15, 0.2) is 18.2 Å². The van der Waals surface area contributed by atoms with Crippen molar-refractivity contribution in [3.63, 3.8) is 0 Å². The van der Waals surface area contributed by atoms with Gasteiger partial charge in [0.1, 0.15) is 6.04 Å². The number of nitrogens with one attached hydrogen (secondary N) is 1. The Kier molecular flexibility index (Phi) is 3.57. The zero-order chi connectivity index (χ0) is 15.0. The molecule has 1 aliphatic carbocycles. The highest BCUT2D eigenvalue weighted by atomic mass is 16.2. The smallest absolute Gasteiger partial charge is 0.256 e. The lowest BCUT2D eigenvalue weighted by Gasteiger charge is -2.24. The van der Waals surface area contributed by atoms with E-state index >= 15 is 0 Å². The summed E-state index contributed by atoms with van der Waals surface area (Å²) in [5.41, 5.74) is 7.91. The van der Waals surface area contributed by atoms with Crippen molar-refractivity contribution >= 4 is 17.5 Å². The van der Waals surface area contributed by atoms with Crippen LogP contribution in [0.25, 0.3) is 0 Å². The van der Waals surface area contributed by atoms with Crippen LogP contribution < -0.4 is 11.1 Å². The third kappa shape index (κ3) is 2.73. The zero-order valence-electron chi connectivity index (χ0n) is 12.3. The summed E-state index contributed by atoms with van der Waals surface area (Å²) in [6.07, 6.45) is 3.70. The maximum atomic E-state index is 12.7. The molecule has 1 aliphatic heterocycles. The molecule has 0 radical (unpaired) electrons. The zero-order valence-corrected chi connectivity index (χ0v) is 12.3. The van der Waals surface area contributed by atoms with Crippen molar-refractivity contribution in [2.24, 2.45) is 0 Å². The van der Waals surface area contributed by atoms with E-state index in [2.05, 4.69) is 5.32 Å². The van der Waals surface area contributed by atoms with Crippen LogP contribution in [0, 0.1) is 6.92 Å². The topological polar surface area (TPSA) is 75.4 Å². The van der Waals surface area contributed by atoms with Crippen molar-refractivity contribution in [1.82, 2.24) is 10.2 Å². The first kappa shape index (κ1) is 13.9. The first-order valence-corrected chi connectivity index (χ1v) is 7.54. The van der Waals surface area contributed by atoms with E-state index in [1.807, 2.05) is 19.1 Å². The monoisotopic (exact) mass is 287 g/mol. The van der Waals surface area contributed by atoms with Crippen LogP contribution in [0.1, 0.15) is 41.6 Å². The second kappa shape index (κ2) is 5.39. The summed E-state index contributed by atoms with van der Waals surface area (Å²) in [6, 6.07) is 5.41. The van der Waals surface area contributed by atoms with Gasteiger partial charge in [0.05, 0.1) is 5.56 Å². The predicted octanol–water partition coefficient (Wildman–Crippen LogP) is 1.46. The van der Waals surface area contributed by atoms with Crippen molar-refractivity contribution in [1.29, 1.82) is 0 Å². The molecule has 1 saturated heterocycles. The van der Waals surface area contributed by atoms with Gasteiger partial charge in [-0.2, -0.15) is 0 Å². The fraction of sp³-hybridized carbons (Fsp3) is 0.500. The van der Waals surface area contributed by atoms with Gasteiger partial charge in [0, 0.05) is 18.3 Å². The quantitative estimate of drug-likeness (QED) is 0.826. The standard InChI is InChI=1S/C16H21N3O2/c1-10-4-2-5-12(14(10)17)16(21)19-9-3-6-13(19)15(20)18-11-7-8-11/h2,4-5,11,13H,3,6-9,17H2,1H3,(H,18,20). The highest BCUT2D eigenvalue weighted by Gasteiger charge is 2.37. The molecule has 1 saturated carbocycles. The Balaban J connectivity index is 1.79. The van der Waals surface area contributed by atoms with Gasteiger partial charge in [0.25, 0.3) is 5.91 Å². The molecule has 2 amide bonds. The van der Waals surface area contributed by atoms with Crippen LogP contribution in [-0.2, 0) is 4.79 Å². The number of carbonyl (C=O) groups excluding carboxylic acids is 2. The molecular formula is C16H21N3O2. The van der Waals surface area contributed by atoms with Crippen molar-refractivity contribution in [3.8, 4) is 0 Å². The Morgan fingerprint density at radius 2 is 2.05 bits per heavy atom. The third-order valence-electron chi connectivity index (χ3n) is 4.29. The van der Waals surface area contributed by atoms with Crippen molar-refractivity contribution in [2.75, 3.05) is 12.3 Å². The second-order valence-electron chi connectivity index (χ2n) is 5.98. The highest BCUT2D eigenvalue weighted by molar-refractivity contribution is 6.02. The number of para-hydroxylation sites is 1. The van der Waals surface area contributed by atoms with Gasteiger partial charge < -0.3 is 16.0 Å². The van der Waals surface area contributed by atoms with Crippen LogP contribution in [0.5, 0.6) is 0 Å². The van der Waals surface area contributed by atoms with Crippen molar-refractivity contribution in [2.45, 2.75) is 44.7 Å². The van der Waals surface area contributed by atoms with Gasteiger partial charge in [-0.25, -0.2) is 0 Å². The number of nitrogens with zero attached hydrogens (tertiary/aromatic N) is 1. The largest absolute Gasteiger partial charge is 0.398 e. The molecule has 3 N–H and O–H groups in total. The number of benzene rings is 1. The summed E-state index contributed by atoms with van der Waals surface area (Å²) >= 11 is 0. The van der Waals surface area contributed by atoms with Gasteiger partial charge in [0.2, 0.25) is 5.91 Å². The van der Waals surface area contributed by atoms with E-state index in [0.717, 1.165) is 31.2 Å². The maximum Gasteiger partial charge on any atom is 0.256 e. The molecule has 1 atom stereocenters. The Morgan fingerprint density at radius 3 is 2.76 bits per heavy atom. The summed E-state index contributed by atoms with van der Waals surface area (Å²) in [5.74, 6) is -0.153. The molecule has 1 unspecified atom stereocenters. The van der Waals surface area contributed by atoms with Gasteiger partial charge in [0.15, 0.2) is 0 Å². The number of nitrogens with two attached hydrogens (primary N) is 1. The highest BCUT2D eigenvalue weighted by Crippen LogP contribution is 2.26. The molecule has 5 nitrogen and oxygen atoms in total. The van der Waals surface area contributed by atoms with E-state index in [1.165, 1.54) is 0 Å². The number of carbonyl (C=O) groups is 2. The average Bonchev–Trinajstić information content (AvgIpc) is 3.14. The van der Waals surface area contributed by atoms with Crippen LogP contribution in [-0.4, -0.2) is 35.3 Å². The Labute approximate surface area is 124 Å². The van der Waals surface area contributed by atoms with Gasteiger partial charge in [-0.1, -0.05) is 12.1 Å². The van der Waals surface area contributed by atoms with Gasteiger partial charge in [-0.3, -0.25) is 9.59 Å². The molecule has 1 heterocycles.